The van der Waals surface area contributed by atoms with Gasteiger partial charge in [0.1, 0.15) is 34.8 Å². The number of rotatable bonds is 3. The minimum atomic E-state index is -0.477. The molecule has 1 N–H and O–H groups in total. The fourth-order valence-corrected chi connectivity index (χ4v) is 4.01. The lowest BCUT2D eigenvalue weighted by atomic mass is 10.0. The van der Waals surface area contributed by atoms with Crippen LogP contribution in [0.1, 0.15) is 36.8 Å². The summed E-state index contributed by atoms with van der Waals surface area (Å²) in [5, 5.41) is 0. The summed E-state index contributed by atoms with van der Waals surface area (Å²) in [5.74, 6) is 1.56. The molecule has 1 aromatic heterocycles. The highest BCUT2D eigenvalue weighted by molar-refractivity contribution is 5.98. The Morgan fingerprint density at radius 3 is 3.07 bits per heavy atom. The summed E-state index contributed by atoms with van der Waals surface area (Å²) >= 11 is 0. The molecule has 1 unspecified atom stereocenters. The average molecular weight is 381 g/mol. The zero-order chi connectivity index (χ0) is 19.3. The molecule has 0 bridgehead atoms. The van der Waals surface area contributed by atoms with Crippen LogP contribution in [0.3, 0.4) is 0 Å². The molecule has 2 aromatic carbocycles. The van der Waals surface area contributed by atoms with Crippen molar-refractivity contribution in [2.75, 3.05) is 18.1 Å². The third kappa shape index (κ3) is 2.78. The topological polar surface area (TPSA) is 67.5 Å². The standard InChI is InChI=1S/C21H20FN3O3/c1-12-23-15-10-13(25-8-3-6-19(25)26)11-18(21(15)24-12)28-17-7-9-27-16-5-2-4-14(22)20(16)17/h2,4-5,10-11,17H,3,6-9H2,1H3,(H,23,24). The van der Waals surface area contributed by atoms with Crippen molar-refractivity contribution in [3.8, 4) is 11.5 Å². The first kappa shape index (κ1) is 17.0. The van der Waals surface area contributed by atoms with E-state index in [-0.39, 0.29) is 11.7 Å². The van der Waals surface area contributed by atoms with Gasteiger partial charge in [-0.1, -0.05) is 6.07 Å². The van der Waals surface area contributed by atoms with Gasteiger partial charge in [-0.2, -0.15) is 0 Å². The van der Waals surface area contributed by atoms with E-state index in [0.717, 1.165) is 23.4 Å². The van der Waals surface area contributed by atoms with E-state index in [1.807, 2.05) is 19.1 Å². The molecule has 5 rings (SSSR count). The minimum Gasteiger partial charge on any atom is -0.493 e. The second kappa shape index (κ2) is 6.51. The van der Waals surface area contributed by atoms with Crippen molar-refractivity contribution >= 4 is 22.6 Å². The number of nitrogens with one attached hydrogen (secondary N) is 1. The van der Waals surface area contributed by atoms with Crippen LogP contribution in [0.25, 0.3) is 11.0 Å². The monoisotopic (exact) mass is 381 g/mol. The largest absolute Gasteiger partial charge is 0.493 e. The van der Waals surface area contributed by atoms with Crippen LogP contribution in [0.15, 0.2) is 30.3 Å². The highest BCUT2D eigenvalue weighted by Gasteiger charge is 2.29. The van der Waals surface area contributed by atoms with Gasteiger partial charge < -0.3 is 19.4 Å². The lowest BCUT2D eigenvalue weighted by Crippen LogP contribution is -2.24. The molecule has 1 fully saturated rings. The van der Waals surface area contributed by atoms with Crippen LogP contribution in [0.5, 0.6) is 11.5 Å². The lowest BCUT2D eigenvalue weighted by Gasteiger charge is -2.27. The van der Waals surface area contributed by atoms with Crippen LogP contribution < -0.4 is 14.4 Å². The molecule has 0 aliphatic carbocycles. The van der Waals surface area contributed by atoms with Gasteiger partial charge in [-0.25, -0.2) is 9.37 Å². The number of fused-ring (bicyclic) bond motifs is 2. The first-order valence-electron chi connectivity index (χ1n) is 9.49. The van der Waals surface area contributed by atoms with Gasteiger partial charge in [0.05, 0.1) is 17.7 Å². The number of aromatic amines is 1. The summed E-state index contributed by atoms with van der Waals surface area (Å²) in [6.45, 7) is 3.01. The van der Waals surface area contributed by atoms with Gasteiger partial charge in [0, 0.05) is 31.1 Å². The Morgan fingerprint density at radius 2 is 2.25 bits per heavy atom. The fourth-order valence-electron chi connectivity index (χ4n) is 4.01. The van der Waals surface area contributed by atoms with Crippen molar-refractivity contribution in [3.63, 3.8) is 0 Å². The predicted octanol–water partition coefficient (Wildman–Crippen LogP) is 4.04. The number of carbonyl (C=O) groups excluding carboxylic acids is 1. The van der Waals surface area contributed by atoms with Crippen molar-refractivity contribution in [2.24, 2.45) is 0 Å². The molecule has 7 heteroatoms. The molecular formula is C21H20FN3O3. The molecular weight excluding hydrogens is 361 g/mol. The molecule has 1 saturated heterocycles. The van der Waals surface area contributed by atoms with Gasteiger partial charge in [-0.15, -0.1) is 0 Å². The SMILES string of the molecule is Cc1nc2c(OC3CCOc4cccc(F)c43)cc(N3CCCC3=O)cc2[nH]1. The van der Waals surface area contributed by atoms with Crippen LogP contribution >= 0.6 is 0 Å². The minimum absolute atomic E-state index is 0.101. The number of imidazole rings is 1. The summed E-state index contributed by atoms with van der Waals surface area (Å²) in [4.78, 5) is 21.7. The van der Waals surface area contributed by atoms with E-state index in [2.05, 4.69) is 9.97 Å². The number of anilines is 1. The molecule has 28 heavy (non-hydrogen) atoms. The Labute approximate surface area is 161 Å². The number of H-pyrrole nitrogens is 1. The van der Waals surface area contributed by atoms with Gasteiger partial charge in [0.25, 0.3) is 0 Å². The molecule has 1 atom stereocenters. The molecule has 6 nitrogen and oxygen atoms in total. The van der Waals surface area contributed by atoms with Gasteiger partial charge in [0.2, 0.25) is 5.91 Å². The Hall–Kier alpha value is -3.09. The summed E-state index contributed by atoms with van der Waals surface area (Å²) in [5.41, 5.74) is 2.68. The Morgan fingerprint density at radius 1 is 1.36 bits per heavy atom. The fraction of sp³-hybridized carbons (Fsp3) is 0.333. The van der Waals surface area contributed by atoms with Crippen LogP contribution in [0, 0.1) is 12.7 Å². The first-order valence-corrected chi connectivity index (χ1v) is 9.49. The lowest BCUT2D eigenvalue weighted by molar-refractivity contribution is -0.117. The highest BCUT2D eigenvalue weighted by Crippen LogP contribution is 2.40. The average Bonchev–Trinajstić information content (AvgIpc) is 3.26. The molecule has 0 spiro atoms. The second-order valence-electron chi connectivity index (χ2n) is 7.21. The van der Waals surface area contributed by atoms with Crippen LogP contribution in [0.2, 0.25) is 0 Å². The van der Waals surface area contributed by atoms with Gasteiger partial charge in [-0.3, -0.25) is 4.79 Å². The van der Waals surface area contributed by atoms with E-state index in [1.165, 1.54) is 6.07 Å². The molecule has 3 heterocycles. The zero-order valence-electron chi connectivity index (χ0n) is 15.5. The van der Waals surface area contributed by atoms with Crippen LogP contribution in [-0.2, 0) is 4.79 Å². The van der Waals surface area contributed by atoms with E-state index >= 15 is 0 Å². The van der Waals surface area contributed by atoms with Gasteiger partial charge in [0.15, 0.2) is 0 Å². The van der Waals surface area contributed by atoms with Crippen molar-refractivity contribution in [1.82, 2.24) is 9.97 Å². The van der Waals surface area contributed by atoms with Crippen molar-refractivity contribution in [3.05, 3.63) is 47.5 Å². The maximum atomic E-state index is 14.5. The third-order valence-corrected chi connectivity index (χ3v) is 5.28. The summed E-state index contributed by atoms with van der Waals surface area (Å²) < 4.78 is 26.4. The quantitative estimate of drug-likeness (QED) is 0.744. The number of halogens is 1. The van der Waals surface area contributed by atoms with E-state index in [1.54, 1.807) is 17.0 Å². The number of benzene rings is 2. The molecule has 144 valence electrons. The number of ether oxygens (including phenoxy) is 2. The first-order chi connectivity index (χ1) is 13.6. The molecule has 1 amide bonds. The highest BCUT2D eigenvalue weighted by atomic mass is 19.1. The number of nitrogens with zero attached hydrogens (tertiary/aromatic N) is 2. The molecule has 2 aliphatic heterocycles. The summed E-state index contributed by atoms with van der Waals surface area (Å²) in [6, 6.07) is 8.55. The van der Waals surface area contributed by atoms with E-state index in [4.69, 9.17) is 9.47 Å². The number of aryl methyl sites for hydroxylation is 1. The van der Waals surface area contributed by atoms with E-state index < -0.39 is 6.10 Å². The van der Waals surface area contributed by atoms with Crippen molar-refractivity contribution in [2.45, 2.75) is 32.3 Å². The maximum absolute atomic E-state index is 14.5. The Balaban J connectivity index is 1.59. The second-order valence-corrected chi connectivity index (χ2v) is 7.21. The van der Waals surface area contributed by atoms with Gasteiger partial charge >= 0.3 is 0 Å². The van der Waals surface area contributed by atoms with Crippen LogP contribution in [0.4, 0.5) is 10.1 Å². The van der Waals surface area contributed by atoms with E-state index in [0.29, 0.717) is 48.6 Å². The Bertz CT molecular complexity index is 1080. The number of hydrogen-bond donors (Lipinski definition) is 1. The summed E-state index contributed by atoms with van der Waals surface area (Å²) in [7, 11) is 0. The maximum Gasteiger partial charge on any atom is 0.227 e. The number of aromatic nitrogens is 2. The molecule has 0 saturated carbocycles. The third-order valence-electron chi connectivity index (χ3n) is 5.28. The predicted molar refractivity (Wildman–Crippen MR) is 102 cm³/mol. The summed E-state index contributed by atoms with van der Waals surface area (Å²) in [6.07, 6.45) is 1.45. The Kier molecular flexibility index (Phi) is 3.96. The molecule has 3 aromatic rings. The molecule has 2 aliphatic rings. The number of amides is 1. The number of hydrogen-bond acceptors (Lipinski definition) is 4. The van der Waals surface area contributed by atoms with Crippen molar-refractivity contribution in [1.29, 1.82) is 0 Å². The van der Waals surface area contributed by atoms with Crippen LogP contribution in [-0.4, -0.2) is 29.0 Å². The van der Waals surface area contributed by atoms with E-state index in [9.17, 15) is 9.18 Å². The zero-order valence-corrected chi connectivity index (χ0v) is 15.5. The van der Waals surface area contributed by atoms with Gasteiger partial charge in [-0.05, 0) is 31.5 Å². The number of carbonyl (C=O) groups is 1. The molecule has 0 radical (unpaired) electrons. The normalized spacial score (nSPS) is 19.0. The van der Waals surface area contributed by atoms with Crippen molar-refractivity contribution < 1.29 is 18.7 Å². The smallest absolute Gasteiger partial charge is 0.227 e.